The van der Waals surface area contributed by atoms with Crippen LogP contribution in [0.1, 0.15) is 221 Å². The highest BCUT2D eigenvalue weighted by atomic mass is 35.5. The van der Waals surface area contributed by atoms with Gasteiger partial charge >= 0.3 is 0 Å². The van der Waals surface area contributed by atoms with Crippen molar-refractivity contribution in [1.29, 1.82) is 0 Å². The van der Waals surface area contributed by atoms with Crippen LogP contribution in [0.3, 0.4) is 0 Å². The van der Waals surface area contributed by atoms with E-state index in [1.165, 1.54) is 76.6 Å². The molecule has 0 atom stereocenters. The van der Waals surface area contributed by atoms with E-state index in [0.29, 0.717) is 47.6 Å². The van der Waals surface area contributed by atoms with Gasteiger partial charge in [-0.25, -0.2) is 0 Å². The molecule has 0 fully saturated rings. The minimum absolute atomic E-state index is 0.350. The van der Waals surface area contributed by atoms with Crippen molar-refractivity contribution in [3.63, 3.8) is 0 Å². The smallest absolute Gasteiger partial charge is 0.160 e. The van der Waals surface area contributed by atoms with E-state index in [9.17, 15) is 0 Å². The zero-order valence-corrected chi connectivity index (χ0v) is 68.5. The number of aryl methyl sites for hydroxylation is 8. The molecule has 97 heavy (non-hydrogen) atoms. The average Bonchev–Trinajstić information content (AvgIpc) is 0.906. The van der Waals surface area contributed by atoms with E-state index >= 15 is 0 Å². The molecule has 0 aliphatic heterocycles. The van der Waals surface area contributed by atoms with Crippen molar-refractivity contribution < 1.29 is 23.7 Å². The highest BCUT2D eigenvalue weighted by Crippen LogP contribution is 2.33. The number of rotatable bonds is 19. The Kier molecular flexibility index (Phi) is 41.7. The normalized spacial score (nSPS) is 11.4. The average molecular weight is 1430 g/mol. The van der Waals surface area contributed by atoms with Crippen LogP contribution < -0.4 is 23.7 Å². The van der Waals surface area contributed by atoms with E-state index in [-0.39, 0.29) is 0 Å². The number of halogens is 5. The molecule has 0 aliphatic carbocycles. The number of hydrogen-bond donors (Lipinski definition) is 0. The van der Waals surface area contributed by atoms with Crippen LogP contribution in [0, 0.1) is 39.4 Å². The summed E-state index contributed by atoms with van der Waals surface area (Å²) in [5, 5.41) is 3.66. The van der Waals surface area contributed by atoms with Crippen LogP contribution in [0.4, 0.5) is 0 Å². The van der Waals surface area contributed by atoms with Gasteiger partial charge in [-0.1, -0.05) is 280 Å². The first-order valence-electron chi connectivity index (χ1n) is 34.7. The first-order chi connectivity index (χ1) is 45.0. The lowest BCUT2D eigenvalue weighted by molar-refractivity contribution is 0.353. The van der Waals surface area contributed by atoms with Gasteiger partial charge in [0.1, 0.15) is 17.2 Å². The van der Waals surface area contributed by atoms with E-state index in [0.717, 1.165) is 96.6 Å². The number of benzene rings is 7. The molecule has 7 rings (SSSR count). The van der Waals surface area contributed by atoms with Crippen molar-refractivity contribution in [2.75, 3.05) is 35.5 Å². The summed E-state index contributed by atoms with van der Waals surface area (Å²) in [6.07, 6.45) is 15.9. The molecule has 0 unspecified atom stereocenters. The van der Waals surface area contributed by atoms with Crippen molar-refractivity contribution in [2.24, 2.45) is 32.5 Å². The lowest BCUT2D eigenvalue weighted by atomic mass is 9.88. The third-order valence-electron chi connectivity index (χ3n) is 15.6. The Balaban J connectivity index is 0.000000566. The van der Waals surface area contributed by atoms with Crippen LogP contribution in [0.2, 0.25) is 25.1 Å². The van der Waals surface area contributed by atoms with Crippen LogP contribution in [-0.4, -0.2) is 35.5 Å². The fourth-order valence-electron chi connectivity index (χ4n) is 9.13. The lowest BCUT2D eigenvalue weighted by Crippen LogP contribution is -2.06. The van der Waals surface area contributed by atoms with Crippen LogP contribution in [0.5, 0.6) is 28.7 Å². The third-order valence-corrected chi connectivity index (χ3v) is 17.3. The second kappa shape index (κ2) is 45.0. The monoisotopic (exact) mass is 1430 g/mol. The minimum Gasteiger partial charge on any atom is -0.497 e. The Morgan fingerprint density at radius 1 is 0.278 bits per heavy atom. The molecule has 5 nitrogen and oxygen atoms in total. The van der Waals surface area contributed by atoms with Crippen LogP contribution in [-0.2, 0) is 44.9 Å². The molecule has 0 heterocycles. The zero-order chi connectivity index (χ0) is 73.8. The molecule has 0 amide bonds. The molecule has 0 spiro atoms. The molecule has 0 bridgehead atoms. The SMILES string of the molecule is CC(C)(C)CCc1ccc(Cl)c(Cl)c1.CC(C)(C)CCc1ccc(Cl)cc1Cl.CC(C)(C)CCc1ccccc1Cl.CCCc1ccc(OC)cc1OC.COc1ccc(CCC(C)(C)C)cc1.COc1ccc(CCC(C)(C)C)cc1OC.Cc1ccc(CCC(C)(C)C)cc1. The second-order valence-corrected chi connectivity index (χ2v) is 34.5. The Labute approximate surface area is 617 Å². The fourth-order valence-corrected chi connectivity index (χ4v) is 10.2. The molecule has 0 saturated heterocycles. The van der Waals surface area contributed by atoms with Gasteiger partial charge in [-0.05, 0) is 222 Å². The topological polar surface area (TPSA) is 46.2 Å². The molecule has 7 aromatic carbocycles. The van der Waals surface area contributed by atoms with Gasteiger partial charge in [0.15, 0.2) is 11.5 Å². The summed E-state index contributed by atoms with van der Waals surface area (Å²) < 4.78 is 26.0. The maximum Gasteiger partial charge on any atom is 0.160 e. The van der Waals surface area contributed by atoms with Gasteiger partial charge < -0.3 is 23.7 Å². The van der Waals surface area contributed by atoms with Gasteiger partial charge in [0, 0.05) is 21.1 Å². The lowest BCUT2D eigenvalue weighted by Gasteiger charge is -2.18. The molecule has 0 saturated carbocycles. The molecular formula is C87H127Cl5O5. The molecule has 0 radical (unpaired) electrons. The quantitative estimate of drug-likeness (QED) is 0.0807. The van der Waals surface area contributed by atoms with Gasteiger partial charge in [-0.2, -0.15) is 0 Å². The first-order valence-corrected chi connectivity index (χ1v) is 36.6. The van der Waals surface area contributed by atoms with Gasteiger partial charge in [-0.3, -0.25) is 0 Å². The second-order valence-electron chi connectivity index (χ2n) is 32.4. The van der Waals surface area contributed by atoms with E-state index in [1.54, 1.807) is 41.6 Å². The van der Waals surface area contributed by atoms with Gasteiger partial charge in [0.05, 0.1) is 45.6 Å². The standard InChI is InChI=1S/C14H22O2.C13H20O.C13H20.2C12H16Cl2.C12H17Cl.C11H16O2/c1-14(2,3)9-8-11-6-7-12(15-4)13(10-11)16-5;1-13(2,3)10-9-11-5-7-12(14-4)8-6-11;1-11-5-7-12(8-6-11)9-10-13(2,3)4;1-12(2,3)7-6-9-4-5-10(13)8-11(9)14;1-12(2,3)7-6-9-4-5-10(13)11(14)8-9;1-12(2,3)9-8-10-6-4-5-7-11(10)13;1-4-5-9-6-7-10(12-2)8-11(9)13-3/h6-7,10H,8-9H2,1-5H3;5-8H,9-10H2,1-4H3;5-8H,9-10H2,1-4H3;2*4-5,8H,6-7H2,1-3H3;4-7H,8-9H2,1-3H3;6-8H,4-5H2,1-3H3. The summed E-state index contributed by atoms with van der Waals surface area (Å²) in [6.45, 7) is 44.9. The van der Waals surface area contributed by atoms with Crippen molar-refractivity contribution in [3.05, 3.63) is 215 Å². The van der Waals surface area contributed by atoms with E-state index in [1.807, 2.05) is 78.9 Å². The highest BCUT2D eigenvalue weighted by molar-refractivity contribution is 6.42. The van der Waals surface area contributed by atoms with Crippen molar-refractivity contribution in [3.8, 4) is 28.7 Å². The molecular weight excluding hydrogens is 1300 g/mol. The Morgan fingerprint density at radius 3 is 1.07 bits per heavy atom. The Bertz CT molecular complexity index is 3250. The zero-order valence-electron chi connectivity index (χ0n) is 64.7. The van der Waals surface area contributed by atoms with Crippen molar-refractivity contribution in [1.82, 2.24) is 0 Å². The number of ether oxygens (including phenoxy) is 5. The maximum absolute atomic E-state index is 6.07. The Morgan fingerprint density at radius 2 is 0.660 bits per heavy atom. The molecule has 0 aromatic heterocycles. The fraction of sp³-hybridized carbons (Fsp3) is 0.517. The largest absolute Gasteiger partial charge is 0.497 e. The predicted molar refractivity (Wildman–Crippen MR) is 428 cm³/mol. The van der Waals surface area contributed by atoms with Gasteiger partial charge in [0.2, 0.25) is 0 Å². The predicted octanol–water partition coefficient (Wildman–Crippen LogP) is 28.2. The number of hydrogen-bond acceptors (Lipinski definition) is 5. The molecule has 10 heteroatoms. The molecule has 0 aliphatic rings. The van der Waals surface area contributed by atoms with Gasteiger partial charge in [0.25, 0.3) is 0 Å². The summed E-state index contributed by atoms with van der Waals surface area (Å²) in [5.74, 6) is 4.30. The molecule has 7 aromatic rings. The van der Waals surface area contributed by atoms with E-state index in [2.05, 4.69) is 199 Å². The molecule has 0 N–H and O–H groups in total. The summed E-state index contributed by atoms with van der Waals surface area (Å²) in [5.41, 5.74) is 12.8. The van der Waals surface area contributed by atoms with Crippen molar-refractivity contribution in [2.45, 2.75) is 228 Å². The van der Waals surface area contributed by atoms with Crippen LogP contribution in [0.15, 0.2) is 146 Å². The van der Waals surface area contributed by atoms with E-state index in [4.69, 9.17) is 81.7 Å². The summed E-state index contributed by atoms with van der Waals surface area (Å²) in [4.78, 5) is 0. The maximum atomic E-state index is 6.07. The van der Waals surface area contributed by atoms with E-state index < -0.39 is 0 Å². The Hall–Kier alpha value is -5.01. The summed E-state index contributed by atoms with van der Waals surface area (Å²) in [6, 6.07) is 48.9. The minimum atomic E-state index is 0.350. The number of methoxy groups -OCH3 is 5. The van der Waals surface area contributed by atoms with Crippen LogP contribution >= 0.6 is 58.0 Å². The van der Waals surface area contributed by atoms with Gasteiger partial charge in [-0.15, -0.1) is 0 Å². The summed E-state index contributed by atoms with van der Waals surface area (Å²) >= 11 is 29.7. The van der Waals surface area contributed by atoms with Crippen molar-refractivity contribution >= 4 is 58.0 Å². The third kappa shape index (κ3) is 44.7. The first kappa shape index (κ1) is 90.0. The molecule has 540 valence electrons. The van der Waals surface area contributed by atoms with Crippen LogP contribution in [0.25, 0.3) is 0 Å². The summed E-state index contributed by atoms with van der Waals surface area (Å²) in [7, 11) is 8.38. The highest BCUT2D eigenvalue weighted by Gasteiger charge is 2.16.